The number of ketones is 2. The summed E-state index contributed by atoms with van der Waals surface area (Å²) >= 11 is 0. The summed E-state index contributed by atoms with van der Waals surface area (Å²) in [5.74, 6) is 0.333. The number of hydrogen-bond acceptors (Lipinski definition) is 4. The molecular formula is C20H30O4. The van der Waals surface area contributed by atoms with E-state index in [9.17, 15) is 14.4 Å². The number of Topliss-reactive ketones (excluding diaryl/α,β-unsaturated/α-hetero) is 2. The Morgan fingerprint density at radius 3 is 2.50 bits per heavy atom. The third-order valence-electron chi connectivity index (χ3n) is 6.08. The van der Waals surface area contributed by atoms with Crippen LogP contribution in [0.25, 0.3) is 0 Å². The van der Waals surface area contributed by atoms with E-state index in [1.54, 1.807) is 13.0 Å². The van der Waals surface area contributed by atoms with Crippen molar-refractivity contribution < 1.29 is 19.1 Å². The Labute approximate surface area is 145 Å². The Kier molecular flexibility index (Phi) is 5.67. The molecule has 4 heteroatoms. The number of rotatable bonds is 7. The van der Waals surface area contributed by atoms with Gasteiger partial charge in [-0.2, -0.15) is 0 Å². The zero-order valence-electron chi connectivity index (χ0n) is 15.4. The third kappa shape index (κ3) is 3.96. The molecule has 0 unspecified atom stereocenters. The van der Waals surface area contributed by atoms with E-state index in [1.165, 1.54) is 0 Å². The molecule has 134 valence electrons. The molecule has 0 saturated heterocycles. The minimum atomic E-state index is -0.403. The van der Waals surface area contributed by atoms with Crippen LogP contribution in [0.15, 0.2) is 11.6 Å². The molecule has 1 aliphatic heterocycles. The Morgan fingerprint density at radius 1 is 1.21 bits per heavy atom. The molecule has 1 aliphatic carbocycles. The van der Waals surface area contributed by atoms with E-state index in [4.69, 9.17) is 4.74 Å². The smallest absolute Gasteiger partial charge is 0.334 e. The van der Waals surface area contributed by atoms with Gasteiger partial charge in [-0.05, 0) is 50.0 Å². The summed E-state index contributed by atoms with van der Waals surface area (Å²) in [6, 6.07) is 0. The van der Waals surface area contributed by atoms with Crippen molar-refractivity contribution in [1.82, 2.24) is 0 Å². The van der Waals surface area contributed by atoms with Gasteiger partial charge in [0, 0.05) is 23.8 Å². The quantitative estimate of drug-likeness (QED) is 0.660. The first kappa shape index (κ1) is 18.9. The highest BCUT2D eigenvalue weighted by atomic mass is 16.5. The fraction of sp³-hybridized carbons (Fsp3) is 0.750. The van der Waals surface area contributed by atoms with Gasteiger partial charge in [-0.15, -0.1) is 0 Å². The van der Waals surface area contributed by atoms with Gasteiger partial charge in [-0.25, -0.2) is 4.79 Å². The van der Waals surface area contributed by atoms with E-state index in [-0.39, 0.29) is 28.9 Å². The summed E-state index contributed by atoms with van der Waals surface area (Å²) in [6.45, 7) is 8.46. The first-order chi connectivity index (χ1) is 11.2. The number of hydrogen-bond donors (Lipinski definition) is 0. The molecule has 0 aromatic rings. The van der Waals surface area contributed by atoms with Crippen LogP contribution in [-0.4, -0.2) is 24.1 Å². The van der Waals surface area contributed by atoms with Crippen LogP contribution in [0.4, 0.5) is 0 Å². The molecule has 0 radical (unpaired) electrons. The molecule has 0 spiro atoms. The molecule has 0 amide bonds. The molecule has 0 aromatic heterocycles. The number of carbonyl (C=O) groups excluding carboxylic acids is 3. The molecule has 1 heterocycles. The van der Waals surface area contributed by atoms with Crippen molar-refractivity contribution in [2.75, 3.05) is 6.61 Å². The monoisotopic (exact) mass is 334 g/mol. The number of carbonyl (C=O) groups is 3. The van der Waals surface area contributed by atoms with E-state index in [0.717, 1.165) is 25.7 Å². The Balaban J connectivity index is 2.11. The largest absolute Gasteiger partial charge is 0.458 e. The molecule has 2 rings (SSSR count). The Morgan fingerprint density at radius 2 is 1.92 bits per heavy atom. The molecular weight excluding hydrogens is 304 g/mol. The van der Waals surface area contributed by atoms with Crippen LogP contribution in [0.2, 0.25) is 0 Å². The highest BCUT2D eigenvalue weighted by molar-refractivity contribution is 5.92. The molecule has 24 heavy (non-hydrogen) atoms. The average Bonchev–Trinajstić information content (AvgIpc) is 2.88. The van der Waals surface area contributed by atoms with Gasteiger partial charge in [0.25, 0.3) is 0 Å². The van der Waals surface area contributed by atoms with Crippen LogP contribution in [0.5, 0.6) is 0 Å². The standard InChI is InChI=1S/C20H30O4/c1-14(21)6-8-16-19(2,3)11-5-12-20(16,4)17(22)9-7-15-10-13-24-18(15)23/h10,16H,5-9,11-13H2,1-4H3/t16-,20-/m0/s1. The topological polar surface area (TPSA) is 60.4 Å². The maximum Gasteiger partial charge on any atom is 0.334 e. The van der Waals surface area contributed by atoms with Crippen molar-refractivity contribution in [3.05, 3.63) is 11.6 Å². The fourth-order valence-corrected chi connectivity index (χ4v) is 4.64. The summed E-state index contributed by atoms with van der Waals surface area (Å²) in [6.07, 6.45) is 6.94. The lowest BCUT2D eigenvalue weighted by Crippen LogP contribution is -2.47. The van der Waals surface area contributed by atoms with Crippen LogP contribution in [0.3, 0.4) is 0 Å². The molecule has 0 N–H and O–H groups in total. The lowest BCUT2D eigenvalue weighted by Gasteiger charge is -2.50. The van der Waals surface area contributed by atoms with Crippen LogP contribution >= 0.6 is 0 Å². The van der Waals surface area contributed by atoms with E-state index in [0.29, 0.717) is 31.4 Å². The number of ether oxygens (including phenoxy) is 1. The molecule has 0 bridgehead atoms. The van der Waals surface area contributed by atoms with Crippen LogP contribution < -0.4 is 0 Å². The summed E-state index contributed by atoms with van der Waals surface area (Å²) in [5, 5.41) is 0. The van der Waals surface area contributed by atoms with E-state index in [2.05, 4.69) is 20.8 Å². The molecule has 1 fully saturated rings. The highest BCUT2D eigenvalue weighted by Gasteiger charge is 2.49. The number of esters is 1. The van der Waals surface area contributed by atoms with Crippen molar-refractivity contribution in [3.63, 3.8) is 0 Å². The zero-order chi connectivity index (χ0) is 18.0. The fourth-order valence-electron chi connectivity index (χ4n) is 4.64. The normalized spacial score (nSPS) is 29.1. The lowest BCUT2D eigenvalue weighted by atomic mass is 9.53. The van der Waals surface area contributed by atoms with Crippen molar-refractivity contribution in [3.8, 4) is 0 Å². The van der Waals surface area contributed by atoms with Gasteiger partial charge in [-0.1, -0.05) is 27.2 Å². The molecule has 2 aliphatic rings. The second-order valence-electron chi connectivity index (χ2n) is 8.30. The second kappa shape index (κ2) is 7.20. The van der Waals surface area contributed by atoms with Gasteiger partial charge in [0.1, 0.15) is 18.2 Å². The zero-order valence-corrected chi connectivity index (χ0v) is 15.4. The van der Waals surface area contributed by atoms with Crippen molar-refractivity contribution >= 4 is 17.5 Å². The van der Waals surface area contributed by atoms with E-state index in [1.807, 2.05) is 0 Å². The first-order valence-corrected chi connectivity index (χ1v) is 9.06. The summed E-state index contributed by atoms with van der Waals surface area (Å²) in [4.78, 5) is 36.1. The number of cyclic esters (lactones) is 1. The van der Waals surface area contributed by atoms with Crippen LogP contribution in [0.1, 0.15) is 72.6 Å². The Hall–Kier alpha value is -1.45. The summed E-state index contributed by atoms with van der Waals surface area (Å²) in [7, 11) is 0. The van der Waals surface area contributed by atoms with E-state index < -0.39 is 5.41 Å². The van der Waals surface area contributed by atoms with Gasteiger partial charge in [0.15, 0.2) is 0 Å². The van der Waals surface area contributed by atoms with Gasteiger partial charge in [0.05, 0.1) is 0 Å². The SMILES string of the molecule is CC(=O)CC[C@H]1C(C)(C)CCC[C@]1(C)C(=O)CCC1=CCOC1=O. The summed E-state index contributed by atoms with van der Waals surface area (Å²) < 4.78 is 4.91. The van der Waals surface area contributed by atoms with Gasteiger partial charge in [-0.3, -0.25) is 4.79 Å². The van der Waals surface area contributed by atoms with Crippen molar-refractivity contribution in [1.29, 1.82) is 0 Å². The lowest BCUT2D eigenvalue weighted by molar-refractivity contribution is -0.139. The maximum absolute atomic E-state index is 13.1. The van der Waals surface area contributed by atoms with Crippen LogP contribution in [0, 0.1) is 16.7 Å². The highest BCUT2D eigenvalue weighted by Crippen LogP contribution is 2.54. The molecule has 0 aromatic carbocycles. The van der Waals surface area contributed by atoms with Gasteiger partial charge >= 0.3 is 5.97 Å². The molecule has 2 atom stereocenters. The minimum Gasteiger partial charge on any atom is -0.458 e. The maximum atomic E-state index is 13.1. The average molecular weight is 334 g/mol. The molecule has 1 saturated carbocycles. The van der Waals surface area contributed by atoms with Crippen molar-refractivity contribution in [2.45, 2.75) is 72.6 Å². The predicted molar refractivity (Wildman–Crippen MR) is 92.4 cm³/mol. The summed E-state index contributed by atoms with van der Waals surface area (Å²) in [5.41, 5.74) is 0.284. The van der Waals surface area contributed by atoms with E-state index >= 15 is 0 Å². The predicted octanol–water partition coefficient (Wildman–Crippen LogP) is 4.02. The first-order valence-electron chi connectivity index (χ1n) is 9.06. The van der Waals surface area contributed by atoms with Gasteiger partial charge < -0.3 is 9.53 Å². The third-order valence-corrected chi connectivity index (χ3v) is 6.08. The second-order valence-corrected chi connectivity index (χ2v) is 8.30. The Bertz CT molecular complexity index is 558. The van der Waals surface area contributed by atoms with Crippen LogP contribution in [-0.2, 0) is 19.1 Å². The van der Waals surface area contributed by atoms with Gasteiger partial charge in [0.2, 0.25) is 0 Å². The molecule has 4 nitrogen and oxygen atoms in total. The van der Waals surface area contributed by atoms with Crippen molar-refractivity contribution in [2.24, 2.45) is 16.7 Å². The minimum absolute atomic E-state index is 0.0592.